The molecule has 1 fully saturated rings. The van der Waals surface area contributed by atoms with Crippen LogP contribution in [0, 0.1) is 5.92 Å². The van der Waals surface area contributed by atoms with Crippen LogP contribution >= 0.6 is 12.4 Å². The number of hydrogen-bond acceptors (Lipinski definition) is 2. The molecule has 0 aromatic heterocycles. The first-order valence-electron chi connectivity index (χ1n) is 6.81. The van der Waals surface area contributed by atoms with Gasteiger partial charge >= 0.3 is 0 Å². The first-order valence-corrected chi connectivity index (χ1v) is 6.81. The van der Waals surface area contributed by atoms with Crippen LogP contribution in [0.3, 0.4) is 0 Å². The van der Waals surface area contributed by atoms with Crippen molar-refractivity contribution in [3.8, 4) is 0 Å². The molecule has 0 bridgehead atoms. The van der Waals surface area contributed by atoms with E-state index in [-0.39, 0.29) is 18.3 Å². The van der Waals surface area contributed by atoms with E-state index in [1.54, 1.807) is 0 Å². The molecule has 0 saturated heterocycles. The smallest absolute Gasteiger partial charge is 0.224 e. The molecule has 0 aromatic rings. The molecule has 1 N–H and O–H groups in total. The number of hydrogen-bond donors (Lipinski definition) is 1. The van der Waals surface area contributed by atoms with E-state index in [2.05, 4.69) is 11.9 Å². The van der Waals surface area contributed by atoms with Crippen molar-refractivity contribution in [2.24, 2.45) is 5.92 Å². The van der Waals surface area contributed by atoms with Crippen molar-refractivity contribution in [1.29, 1.82) is 0 Å². The molecule has 106 valence electrons. The van der Waals surface area contributed by atoms with E-state index < -0.39 is 0 Å². The van der Waals surface area contributed by atoms with Gasteiger partial charge in [0.05, 0.1) is 0 Å². The van der Waals surface area contributed by atoms with Crippen LogP contribution in [-0.4, -0.2) is 37.5 Å². The Bertz CT molecular complexity index is 240. The Kier molecular flexibility index (Phi) is 10.1. The molecule has 4 heteroatoms. The molecular formula is C14H27ClN2O. The summed E-state index contributed by atoms with van der Waals surface area (Å²) in [6, 6.07) is 0. The van der Waals surface area contributed by atoms with Crippen LogP contribution in [0.15, 0.2) is 12.7 Å². The lowest BCUT2D eigenvalue weighted by Crippen LogP contribution is -2.37. The molecule has 1 aliphatic rings. The van der Waals surface area contributed by atoms with Gasteiger partial charge in [-0.2, -0.15) is 0 Å². The number of halogens is 1. The van der Waals surface area contributed by atoms with Crippen LogP contribution in [-0.2, 0) is 4.79 Å². The van der Waals surface area contributed by atoms with Gasteiger partial charge in [0.15, 0.2) is 0 Å². The Labute approximate surface area is 117 Å². The molecule has 3 nitrogen and oxygen atoms in total. The van der Waals surface area contributed by atoms with Crippen molar-refractivity contribution >= 4 is 18.3 Å². The summed E-state index contributed by atoms with van der Waals surface area (Å²) in [5.74, 6) is 0.965. The first-order chi connectivity index (χ1) is 8.27. The van der Waals surface area contributed by atoms with Gasteiger partial charge in [0.25, 0.3) is 0 Å². The van der Waals surface area contributed by atoms with Crippen molar-refractivity contribution in [3.63, 3.8) is 0 Å². The summed E-state index contributed by atoms with van der Waals surface area (Å²) >= 11 is 0. The maximum Gasteiger partial charge on any atom is 0.224 e. The monoisotopic (exact) mass is 274 g/mol. The predicted octanol–water partition coefficient (Wildman–Crippen LogP) is 2.61. The fraction of sp³-hybridized carbons (Fsp3) is 0.786. The van der Waals surface area contributed by atoms with Gasteiger partial charge in [0, 0.05) is 26.1 Å². The average molecular weight is 275 g/mol. The molecule has 0 aliphatic heterocycles. The first kappa shape index (κ1) is 17.5. The van der Waals surface area contributed by atoms with Crippen LogP contribution in [0.4, 0.5) is 0 Å². The topological polar surface area (TPSA) is 32.3 Å². The summed E-state index contributed by atoms with van der Waals surface area (Å²) in [6.45, 7) is 6.13. The van der Waals surface area contributed by atoms with Crippen LogP contribution < -0.4 is 5.32 Å². The van der Waals surface area contributed by atoms with Gasteiger partial charge in [-0.15, -0.1) is 19.0 Å². The highest BCUT2D eigenvalue weighted by Gasteiger charge is 2.19. The van der Waals surface area contributed by atoms with Gasteiger partial charge in [-0.05, 0) is 25.8 Å². The van der Waals surface area contributed by atoms with Gasteiger partial charge in [-0.1, -0.05) is 25.3 Å². The maximum atomic E-state index is 12.0. The van der Waals surface area contributed by atoms with Crippen LogP contribution in [0.2, 0.25) is 0 Å². The van der Waals surface area contributed by atoms with Crippen LogP contribution in [0.25, 0.3) is 0 Å². The van der Waals surface area contributed by atoms with Gasteiger partial charge in [-0.25, -0.2) is 0 Å². The maximum absolute atomic E-state index is 12.0. The molecule has 1 saturated carbocycles. The molecule has 1 amide bonds. The molecule has 1 rings (SSSR count). The minimum absolute atomic E-state index is 0. The molecule has 1 aliphatic carbocycles. The summed E-state index contributed by atoms with van der Waals surface area (Å²) in [5.41, 5.74) is 0. The number of nitrogens with zero attached hydrogens (tertiary/aromatic N) is 1. The number of amides is 1. The second kappa shape index (κ2) is 10.4. The molecule has 0 atom stereocenters. The van der Waals surface area contributed by atoms with Crippen molar-refractivity contribution < 1.29 is 4.79 Å². The summed E-state index contributed by atoms with van der Waals surface area (Å²) in [6.07, 6.45) is 9.03. The lowest BCUT2D eigenvalue weighted by Gasteiger charge is -2.29. The third-order valence-electron chi connectivity index (χ3n) is 3.49. The average Bonchev–Trinajstić information content (AvgIpc) is 2.36. The molecule has 0 unspecified atom stereocenters. The third-order valence-corrected chi connectivity index (χ3v) is 3.49. The van der Waals surface area contributed by atoms with E-state index in [0.717, 1.165) is 13.1 Å². The molecule has 0 heterocycles. The lowest BCUT2D eigenvalue weighted by atomic mass is 9.89. The van der Waals surface area contributed by atoms with Crippen molar-refractivity contribution in [2.45, 2.75) is 38.5 Å². The summed E-state index contributed by atoms with van der Waals surface area (Å²) in [4.78, 5) is 14.0. The molecule has 0 spiro atoms. The third kappa shape index (κ3) is 6.41. The van der Waals surface area contributed by atoms with Crippen LogP contribution in [0.1, 0.15) is 38.5 Å². The summed E-state index contributed by atoms with van der Waals surface area (Å²) in [7, 11) is 1.88. The van der Waals surface area contributed by atoms with Crippen molar-refractivity contribution in [3.05, 3.63) is 12.7 Å². The van der Waals surface area contributed by atoms with E-state index in [9.17, 15) is 4.79 Å². The van der Waals surface area contributed by atoms with Crippen molar-refractivity contribution in [2.75, 3.05) is 26.7 Å². The zero-order valence-electron chi connectivity index (χ0n) is 11.5. The Morgan fingerprint density at radius 2 is 2.06 bits per heavy atom. The Morgan fingerprint density at radius 1 is 1.39 bits per heavy atom. The second-order valence-electron chi connectivity index (χ2n) is 4.94. The molecular weight excluding hydrogens is 248 g/mol. The predicted molar refractivity (Wildman–Crippen MR) is 79.1 cm³/mol. The largest absolute Gasteiger partial charge is 0.339 e. The van der Waals surface area contributed by atoms with Gasteiger partial charge in [-0.3, -0.25) is 4.79 Å². The van der Waals surface area contributed by atoms with E-state index >= 15 is 0 Å². The van der Waals surface area contributed by atoms with Gasteiger partial charge in [0.1, 0.15) is 0 Å². The minimum atomic E-state index is 0. The number of carbonyl (C=O) groups excluding carboxylic acids is 1. The molecule has 0 aromatic carbocycles. The number of rotatable bonds is 7. The minimum Gasteiger partial charge on any atom is -0.339 e. The van der Waals surface area contributed by atoms with E-state index in [1.807, 2.05) is 18.0 Å². The Balaban J connectivity index is 0.00000289. The molecule has 0 radical (unpaired) electrons. The summed E-state index contributed by atoms with van der Waals surface area (Å²) < 4.78 is 0. The highest BCUT2D eigenvalue weighted by Crippen LogP contribution is 2.24. The quantitative estimate of drug-likeness (QED) is 0.724. The summed E-state index contributed by atoms with van der Waals surface area (Å²) in [5, 5.41) is 3.03. The zero-order valence-corrected chi connectivity index (χ0v) is 12.3. The Hall–Kier alpha value is -0.540. The normalized spacial score (nSPS) is 15.8. The fourth-order valence-electron chi connectivity index (χ4n) is 2.51. The lowest BCUT2D eigenvalue weighted by molar-refractivity contribution is -0.131. The zero-order chi connectivity index (χ0) is 12.5. The fourth-order valence-corrected chi connectivity index (χ4v) is 2.51. The Morgan fingerprint density at radius 3 is 2.61 bits per heavy atom. The van der Waals surface area contributed by atoms with E-state index in [4.69, 9.17) is 0 Å². The highest BCUT2D eigenvalue weighted by atomic mass is 35.5. The number of nitrogens with one attached hydrogen (secondary N) is 1. The number of carbonyl (C=O) groups is 1. The SMILES string of the molecule is C=CCN(CC1CCCCC1)C(=O)CCNC.Cl. The molecule has 18 heavy (non-hydrogen) atoms. The standard InChI is InChI=1S/C14H26N2O.ClH/c1-3-11-16(14(17)9-10-15-2)12-13-7-5-4-6-8-13;/h3,13,15H,1,4-12H2,2H3;1H. The van der Waals surface area contributed by atoms with E-state index in [1.165, 1.54) is 32.1 Å². The highest BCUT2D eigenvalue weighted by molar-refractivity contribution is 5.85. The van der Waals surface area contributed by atoms with E-state index in [0.29, 0.717) is 18.9 Å². The second-order valence-corrected chi connectivity index (χ2v) is 4.94. The van der Waals surface area contributed by atoms with Gasteiger partial charge < -0.3 is 10.2 Å². The van der Waals surface area contributed by atoms with Crippen LogP contribution in [0.5, 0.6) is 0 Å². The van der Waals surface area contributed by atoms with Gasteiger partial charge in [0.2, 0.25) is 5.91 Å². The van der Waals surface area contributed by atoms with Crippen molar-refractivity contribution in [1.82, 2.24) is 10.2 Å².